The number of rotatable bonds is 4. The third-order valence-corrected chi connectivity index (χ3v) is 14.4. The van der Waals surface area contributed by atoms with Gasteiger partial charge in [0.2, 0.25) is 0 Å². The second kappa shape index (κ2) is 8.02. The summed E-state index contributed by atoms with van der Waals surface area (Å²) < 4.78 is 3.01. The zero-order valence-electron chi connectivity index (χ0n) is 20.9. The predicted molar refractivity (Wildman–Crippen MR) is 127 cm³/mol. The minimum atomic E-state index is -1.58. The molecule has 0 spiro atoms. The van der Waals surface area contributed by atoms with Crippen LogP contribution < -0.4 is 0 Å². The summed E-state index contributed by atoms with van der Waals surface area (Å²) in [5.41, 5.74) is 1.24. The number of nitrogens with zero attached hydrogens (tertiary/aromatic N) is 1. The first-order valence-corrected chi connectivity index (χ1v) is 15.7. The monoisotopic (exact) mass is 405 g/mol. The summed E-state index contributed by atoms with van der Waals surface area (Å²) in [6.07, 6.45) is 9.19. The molecule has 0 heterocycles. The highest BCUT2D eigenvalue weighted by molar-refractivity contribution is 6.76. The van der Waals surface area contributed by atoms with Crippen LogP contribution in [0.1, 0.15) is 93.9 Å². The molecule has 3 aliphatic rings. The van der Waals surface area contributed by atoms with Crippen LogP contribution in [0.2, 0.25) is 18.6 Å². The Kier molecular flexibility index (Phi) is 6.55. The highest BCUT2D eigenvalue weighted by Crippen LogP contribution is 2.65. The molecule has 3 aliphatic carbocycles. The van der Waals surface area contributed by atoms with Gasteiger partial charge in [-0.2, -0.15) is 0 Å². The average Bonchev–Trinajstić information content (AvgIpc) is 2.85. The molecule has 7 atom stereocenters. The molecule has 0 aromatic rings. The van der Waals surface area contributed by atoms with Crippen molar-refractivity contribution in [2.45, 2.75) is 124 Å². The zero-order valence-corrected chi connectivity index (χ0v) is 21.9. The molecule has 7 unspecified atom stereocenters. The van der Waals surface area contributed by atoms with Crippen LogP contribution in [-0.2, 0) is 0 Å². The Morgan fingerprint density at radius 1 is 0.857 bits per heavy atom. The SMILES string of the molecule is CC(C)C1C(C)C([Si](C)(C)N(C(C)C)C(C)(C)C)C2CCC3CCCCC3C21. The van der Waals surface area contributed by atoms with E-state index in [1.54, 1.807) is 19.3 Å². The molecule has 0 amide bonds. The van der Waals surface area contributed by atoms with Gasteiger partial charge in [0, 0.05) is 5.54 Å². The Hall–Kier alpha value is 0.177. The van der Waals surface area contributed by atoms with Crippen molar-refractivity contribution in [1.29, 1.82) is 0 Å². The predicted octanol–water partition coefficient (Wildman–Crippen LogP) is 7.83. The molecule has 0 N–H and O–H groups in total. The fraction of sp³-hybridized carbons (Fsp3) is 1.00. The smallest absolute Gasteiger partial charge is 0.126 e. The number of hydrogen-bond donors (Lipinski definition) is 0. The highest BCUT2D eigenvalue weighted by atomic mass is 28.3. The van der Waals surface area contributed by atoms with Crippen molar-refractivity contribution >= 4 is 8.24 Å². The number of hydrogen-bond acceptors (Lipinski definition) is 1. The molecule has 3 fully saturated rings. The van der Waals surface area contributed by atoms with Gasteiger partial charge in [-0.25, -0.2) is 0 Å². The molecule has 3 saturated carbocycles. The van der Waals surface area contributed by atoms with Crippen LogP contribution >= 0.6 is 0 Å². The largest absolute Gasteiger partial charge is 0.317 e. The van der Waals surface area contributed by atoms with Gasteiger partial charge in [-0.3, -0.25) is 0 Å². The van der Waals surface area contributed by atoms with Crippen molar-refractivity contribution in [2.24, 2.45) is 41.4 Å². The van der Waals surface area contributed by atoms with E-state index < -0.39 is 8.24 Å². The molecule has 0 aromatic heterocycles. The molecule has 3 rings (SSSR count). The van der Waals surface area contributed by atoms with Crippen LogP contribution in [0.15, 0.2) is 0 Å². The Morgan fingerprint density at radius 3 is 2.00 bits per heavy atom. The summed E-state index contributed by atoms with van der Waals surface area (Å²) in [5.74, 6) is 6.87. The van der Waals surface area contributed by atoms with E-state index in [1.165, 1.54) is 19.3 Å². The Labute approximate surface area is 178 Å². The van der Waals surface area contributed by atoms with Crippen molar-refractivity contribution in [3.05, 3.63) is 0 Å². The molecular weight excluding hydrogens is 354 g/mol. The summed E-state index contributed by atoms with van der Waals surface area (Å²) in [5, 5.41) is 0. The van der Waals surface area contributed by atoms with Gasteiger partial charge < -0.3 is 4.57 Å². The van der Waals surface area contributed by atoms with E-state index in [0.29, 0.717) is 6.04 Å². The van der Waals surface area contributed by atoms with Gasteiger partial charge in [-0.15, -0.1) is 0 Å². The van der Waals surface area contributed by atoms with E-state index in [1.807, 2.05) is 0 Å². The molecule has 1 nitrogen and oxygen atoms in total. The minimum Gasteiger partial charge on any atom is -0.317 e. The van der Waals surface area contributed by atoms with Gasteiger partial charge in [0.1, 0.15) is 8.24 Å². The Morgan fingerprint density at radius 2 is 1.46 bits per heavy atom. The molecule has 0 aliphatic heterocycles. The quantitative estimate of drug-likeness (QED) is 0.431. The lowest BCUT2D eigenvalue weighted by Crippen LogP contribution is -2.64. The lowest BCUT2D eigenvalue weighted by atomic mass is 9.59. The van der Waals surface area contributed by atoms with E-state index in [-0.39, 0.29) is 5.54 Å². The van der Waals surface area contributed by atoms with Crippen LogP contribution in [-0.4, -0.2) is 24.4 Å². The van der Waals surface area contributed by atoms with Crippen molar-refractivity contribution in [3.8, 4) is 0 Å². The molecule has 28 heavy (non-hydrogen) atoms. The van der Waals surface area contributed by atoms with E-state index in [9.17, 15) is 0 Å². The molecule has 164 valence electrons. The van der Waals surface area contributed by atoms with Gasteiger partial charge in [-0.1, -0.05) is 67.0 Å². The van der Waals surface area contributed by atoms with Crippen molar-refractivity contribution in [3.63, 3.8) is 0 Å². The van der Waals surface area contributed by atoms with Gasteiger partial charge in [0.25, 0.3) is 0 Å². The van der Waals surface area contributed by atoms with Crippen molar-refractivity contribution < 1.29 is 0 Å². The maximum Gasteiger partial charge on any atom is 0.126 e. The van der Waals surface area contributed by atoms with Crippen molar-refractivity contribution in [1.82, 2.24) is 4.57 Å². The maximum atomic E-state index is 3.01. The lowest BCUT2D eigenvalue weighted by molar-refractivity contribution is 0.0316. The first-order chi connectivity index (χ1) is 12.9. The van der Waals surface area contributed by atoms with Crippen LogP contribution in [0.3, 0.4) is 0 Å². The molecular formula is C26H51NSi. The third-order valence-electron chi connectivity index (χ3n) is 9.35. The van der Waals surface area contributed by atoms with Gasteiger partial charge in [0.05, 0.1) is 0 Å². The molecule has 0 aromatic carbocycles. The Bertz CT molecular complexity index is 531. The molecule has 0 saturated heterocycles. The summed E-state index contributed by atoms with van der Waals surface area (Å²) in [4.78, 5) is 0. The molecule has 0 radical (unpaired) electrons. The van der Waals surface area contributed by atoms with Gasteiger partial charge in [0.15, 0.2) is 0 Å². The molecule has 2 heteroatoms. The first kappa shape index (κ1) is 22.9. The summed E-state index contributed by atoms with van der Waals surface area (Å²) in [6.45, 7) is 25.6. The maximum absolute atomic E-state index is 3.01. The first-order valence-electron chi connectivity index (χ1n) is 12.7. The third kappa shape index (κ3) is 3.79. The van der Waals surface area contributed by atoms with Gasteiger partial charge >= 0.3 is 0 Å². The normalized spacial score (nSPS) is 39.5. The highest BCUT2D eigenvalue weighted by Gasteiger charge is 2.61. The number of fused-ring (bicyclic) bond motifs is 3. The zero-order chi connectivity index (χ0) is 21.0. The van der Waals surface area contributed by atoms with Crippen LogP contribution in [0.4, 0.5) is 0 Å². The minimum absolute atomic E-state index is 0.275. The van der Waals surface area contributed by atoms with E-state index in [0.717, 1.165) is 47.0 Å². The fourth-order valence-corrected chi connectivity index (χ4v) is 16.0. The summed E-state index contributed by atoms with van der Waals surface area (Å²) in [7, 11) is -1.58. The van der Waals surface area contributed by atoms with Crippen LogP contribution in [0.25, 0.3) is 0 Å². The van der Waals surface area contributed by atoms with Crippen molar-refractivity contribution in [2.75, 3.05) is 0 Å². The fourth-order valence-electron chi connectivity index (χ4n) is 9.67. The topological polar surface area (TPSA) is 3.24 Å². The lowest BCUT2D eigenvalue weighted by Gasteiger charge is -2.55. The molecule has 0 bridgehead atoms. The summed E-state index contributed by atoms with van der Waals surface area (Å²) >= 11 is 0. The van der Waals surface area contributed by atoms with E-state index >= 15 is 0 Å². The standard InChI is InChI=1S/C26H51NSi/c1-17(2)23-19(5)25(28(9,10)27(18(3)4)26(6,7)8)22-16-15-20-13-11-12-14-21(20)24(22)23/h17-25H,11-16H2,1-10H3. The summed E-state index contributed by atoms with van der Waals surface area (Å²) in [6, 6.07) is 0.649. The van der Waals surface area contributed by atoms with Crippen LogP contribution in [0.5, 0.6) is 0 Å². The van der Waals surface area contributed by atoms with Gasteiger partial charge in [-0.05, 0) is 93.0 Å². The second-order valence-corrected chi connectivity index (χ2v) is 17.5. The van der Waals surface area contributed by atoms with Crippen LogP contribution in [0, 0.1) is 41.4 Å². The average molecular weight is 406 g/mol. The second-order valence-electron chi connectivity index (χ2n) is 13.0. The van der Waals surface area contributed by atoms with E-state index in [4.69, 9.17) is 0 Å². The van der Waals surface area contributed by atoms with E-state index in [2.05, 4.69) is 73.0 Å². The Balaban J connectivity index is 2.01.